The lowest BCUT2D eigenvalue weighted by molar-refractivity contribution is -0.195. The number of hydrogen-bond acceptors (Lipinski definition) is 8. The first-order chi connectivity index (χ1) is 18.2. The van der Waals surface area contributed by atoms with Gasteiger partial charge in [0.2, 0.25) is 0 Å². The van der Waals surface area contributed by atoms with Crippen molar-refractivity contribution in [2.75, 3.05) is 0 Å². The number of hydrogen-bond donors (Lipinski definition) is 0. The van der Waals surface area contributed by atoms with Crippen LogP contribution in [0.15, 0.2) is 54.1 Å². The number of fused-ring (bicyclic) bond motifs is 1. The van der Waals surface area contributed by atoms with Gasteiger partial charge in [-0.1, -0.05) is 50.3 Å². The second-order valence-corrected chi connectivity index (χ2v) is 11.3. The van der Waals surface area contributed by atoms with Gasteiger partial charge in [0.05, 0.1) is 17.9 Å². The summed E-state index contributed by atoms with van der Waals surface area (Å²) in [6.45, 7) is 11.2. The van der Waals surface area contributed by atoms with Gasteiger partial charge in [0, 0.05) is 25.2 Å². The molecule has 0 saturated heterocycles. The van der Waals surface area contributed by atoms with Crippen molar-refractivity contribution in [1.29, 1.82) is 0 Å². The molecule has 39 heavy (non-hydrogen) atoms. The van der Waals surface area contributed by atoms with E-state index in [0.717, 1.165) is 0 Å². The molecular formula is C31H38O8. The minimum absolute atomic E-state index is 0.209. The van der Waals surface area contributed by atoms with Crippen LogP contribution >= 0.6 is 0 Å². The molecule has 0 unspecified atom stereocenters. The van der Waals surface area contributed by atoms with E-state index in [0.29, 0.717) is 5.56 Å². The molecule has 0 spiro atoms. The maximum atomic E-state index is 13.2. The number of benzene rings is 1. The summed E-state index contributed by atoms with van der Waals surface area (Å²) in [5.41, 5.74) is -1.78. The van der Waals surface area contributed by atoms with Crippen LogP contribution in [-0.2, 0) is 33.4 Å². The second-order valence-electron chi connectivity index (χ2n) is 11.3. The van der Waals surface area contributed by atoms with Gasteiger partial charge in [0.1, 0.15) is 18.0 Å². The number of allylic oxidation sites excluding steroid dienone is 2. The lowest BCUT2D eigenvalue weighted by atomic mass is 9.75. The number of ketones is 2. The average Bonchev–Trinajstić information content (AvgIpc) is 3.10. The third kappa shape index (κ3) is 6.54. The van der Waals surface area contributed by atoms with E-state index in [1.54, 1.807) is 69.3 Å². The van der Waals surface area contributed by atoms with Gasteiger partial charge in [-0.25, -0.2) is 4.79 Å². The van der Waals surface area contributed by atoms with Crippen LogP contribution in [0.3, 0.4) is 0 Å². The van der Waals surface area contributed by atoms with E-state index in [-0.39, 0.29) is 35.9 Å². The molecule has 0 amide bonds. The second kappa shape index (κ2) is 11.7. The summed E-state index contributed by atoms with van der Waals surface area (Å²) in [7, 11) is 0. The van der Waals surface area contributed by atoms with Gasteiger partial charge in [0.25, 0.3) is 0 Å². The van der Waals surface area contributed by atoms with Gasteiger partial charge >= 0.3 is 17.9 Å². The molecule has 2 aliphatic carbocycles. The van der Waals surface area contributed by atoms with Crippen molar-refractivity contribution in [3.8, 4) is 0 Å². The molecule has 0 bridgehead atoms. The van der Waals surface area contributed by atoms with E-state index >= 15 is 0 Å². The zero-order valence-corrected chi connectivity index (χ0v) is 23.7. The van der Waals surface area contributed by atoms with E-state index in [9.17, 15) is 24.0 Å². The molecule has 1 saturated carbocycles. The first kappa shape index (κ1) is 30.0. The van der Waals surface area contributed by atoms with Gasteiger partial charge < -0.3 is 14.2 Å². The monoisotopic (exact) mass is 538 g/mol. The van der Waals surface area contributed by atoms with Crippen LogP contribution in [0.25, 0.3) is 0 Å². The number of rotatable bonds is 4. The summed E-state index contributed by atoms with van der Waals surface area (Å²) in [5, 5.41) is 0. The van der Waals surface area contributed by atoms with Crippen molar-refractivity contribution in [2.45, 2.75) is 79.1 Å². The topological polar surface area (TPSA) is 113 Å². The molecule has 0 N–H and O–H groups in total. The first-order valence-electron chi connectivity index (χ1n) is 13.2. The molecule has 1 aromatic rings. The largest absolute Gasteiger partial charge is 0.458 e. The maximum Gasteiger partial charge on any atom is 0.338 e. The molecule has 6 atom stereocenters. The predicted octanol–water partition coefficient (Wildman–Crippen LogP) is 4.81. The SMILES string of the molecule is CC(=O)O[C@@H]1[C@H](C)/C=C/C(C)(C)C(=O)CC(=O)/C(C)=C/[C@H]2[C@@H](OC(=O)c3ccccc3)[C@H](C)C[C@]12OC(C)=O. The highest BCUT2D eigenvalue weighted by Crippen LogP contribution is 2.50. The van der Waals surface area contributed by atoms with Crippen molar-refractivity contribution in [3.05, 3.63) is 59.7 Å². The number of ether oxygens (including phenoxy) is 3. The Morgan fingerprint density at radius 3 is 2.18 bits per heavy atom. The predicted molar refractivity (Wildman–Crippen MR) is 143 cm³/mol. The van der Waals surface area contributed by atoms with E-state index in [1.165, 1.54) is 13.8 Å². The van der Waals surface area contributed by atoms with Crippen molar-refractivity contribution in [1.82, 2.24) is 0 Å². The van der Waals surface area contributed by atoms with Crippen LogP contribution < -0.4 is 0 Å². The molecule has 8 heteroatoms. The Kier molecular flexibility index (Phi) is 8.98. The molecule has 0 aromatic heterocycles. The molecule has 2 aliphatic rings. The van der Waals surface area contributed by atoms with E-state index in [4.69, 9.17) is 14.2 Å². The summed E-state index contributed by atoms with van der Waals surface area (Å²) >= 11 is 0. The molecular weight excluding hydrogens is 500 g/mol. The number of carbonyl (C=O) groups excluding carboxylic acids is 5. The van der Waals surface area contributed by atoms with Crippen LogP contribution in [0.2, 0.25) is 0 Å². The van der Waals surface area contributed by atoms with Crippen LogP contribution in [0.5, 0.6) is 0 Å². The Morgan fingerprint density at radius 2 is 1.59 bits per heavy atom. The summed E-state index contributed by atoms with van der Waals surface area (Å²) in [5.74, 6) is -4.06. The normalized spacial score (nSPS) is 32.9. The lowest BCUT2D eigenvalue weighted by Crippen LogP contribution is -2.55. The third-order valence-electron chi connectivity index (χ3n) is 7.68. The van der Waals surface area contributed by atoms with E-state index < -0.39 is 53.0 Å². The smallest absolute Gasteiger partial charge is 0.338 e. The Balaban J connectivity index is 2.24. The van der Waals surface area contributed by atoms with Gasteiger partial charge in [-0.15, -0.1) is 0 Å². The highest BCUT2D eigenvalue weighted by atomic mass is 16.6. The fraction of sp³-hybridized carbons (Fsp3) is 0.516. The highest BCUT2D eigenvalue weighted by molar-refractivity contribution is 6.09. The zero-order valence-electron chi connectivity index (χ0n) is 23.7. The van der Waals surface area contributed by atoms with Crippen molar-refractivity contribution in [2.24, 2.45) is 23.2 Å². The summed E-state index contributed by atoms with van der Waals surface area (Å²) in [4.78, 5) is 64.3. The minimum Gasteiger partial charge on any atom is -0.458 e. The van der Waals surface area contributed by atoms with Crippen LogP contribution in [0.4, 0.5) is 0 Å². The quantitative estimate of drug-likeness (QED) is 0.232. The minimum atomic E-state index is -1.45. The van der Waals surface area contributed by atoms with Gasteiger partial charge in [-0.05, 0) is 50.8 Å². The standard InChI is InChI=1S/C31H38O8/c1-18-13-14-30(6,7)26(35)16-25(34)19(2)15-24-27(38-29(36)23-11-9-8-10-12-23)20(3)17-31(24,39-22(5)33)28(18)37-21(4)32/h8-15,18,20,24,27-28H,16-17H2,1-7H3/b14-13+,19-15+/t18-,20-,24+,27+,28-,31-/m1/s1. The zero-order chi connectivity index (χ0) is 29.1. The number of Topliss-reactive ketones (excluding diaryl/α,β-unsaturated/α-hetero) is 2. The van der Waals surface area contributed by atoms with Gasteiger partial charge in [-0.3, -0.25) is 19.2 Å². The van der Waals surface area contributed by atoms with Crippen molar-refractivity contribution in [3.63, 3.8) is 0 Å². The fourth-order valence-corrected chi connectivity index (χ4v) is 5.61. The molecule has 210 valence electrons. The number of carbonyl (C=O) groups is 5. The summed E-state index contributed by atoms with van der Waals surface area (Å²) in [6.07, 6.45) is 3.17. The Labute approximate surface area is 229 Å². The molecule has 8 nitrogen and oxygen atoms in total. The number of esters is 3. The van der Waals surface area contributed by atoms with Crippen LogP contribution in [0.1, 0.15) is 71.7 Å². The average molecular weight is 539 g/mol. The molecule has 0 radical (unpaired) electrons. The van der Waals surface area contributed by atoms with Crippen LogP contribution in [-0.4, -0.2) is 47.3 Å². The molecule has 0 aliphatic heterocycles. The van der Waals surface area contributed by atoms with E-state index in [2.05, 4.69) is 0 Å². The maximum absolute atomic E-state index is 13.2. The van der Waals surface area contributed by atoms with Gasteiger partial charge in [0.15, 0.2) is 11.4 Å². The van der Waals surface area contributed by atoms with Crippen LogP contribution in [0, 0.1) is 23.2 Å². The highest BCUT2D eigenvalue weighted by Gasteiger charge is 2.62. The summed E-state index contributed by atoms with van der Waals surface area (Å²) < 4.78 is 18.0. The summed E-state index contributed by atoms with van der Waals surface area (Å²) in [6, 6.07) is 8.50. The molecule has 0 heterocycles. The van der Waals surface area contributed by atoms with Crippen molar-refractivity contribution >= 4 is 29.5 Å². The lowest BCUT2D eigenvalue weighted by Gasteiger charge is -2.42. The van der Waals surface area contributed by atoms with E-state index in [1.807, 2.05) is 13.8 Å². The molecule has 1 fully saturated rings. The molecule has 3 rings (SSSR count). The molecule has 1 aromatic carbocycles. The fourth-order valence-electron chi connectivity index (χ4n) is 5.61. The Morgan fingerprint density at radius 1 is 0.949 bits per heavy atom. The Hall–Kier alpha value is -3.55. The van der Waals surface area contributed by atoms with Gasteiger partial charge in [-0.2, -0.15) is 0 Å². The third-order valence-corrected chi connectivity index (χ3v) is 7.68. The van der Waals surface area contributed by atoms with Crippen molar-refractivity contribution < 1.29 is 38.2 Å². The first-order valence-corrected chi connectivity index (χ1v) is 13.2. The Bertz CT molecular complexity index is 1190.